The number of aromatic nitrogens is 1. The molecule has 1 unspecified atom stereocenters. The quantitative estimate of drug-likeness (QED) is 0.726. The van der Waals surface area contributed by atoms with Gasteiger partial charge in [0.15, 0.2) is 0 Å². The van der Waals surface area contributed by atoms with Crippen molar-refractivity contribution in [3.8, 4) is 5.30 Å². The summed E-state index contributed by atoms with van der Waals surface area (Å²) in [5.74, 6) is 2.20. The van der Waals surface area contributed by atoms with Crippen LogP contribution < -0.4 is 0 Å². The molecule has 66 valence electrons. The summed E-state index contributed by atoms with van der Waals surface area (Å²) in [5, 5.41) is 1.34. The summed E-state index contributed by atoms with van der Waals surface area (Å²) in [7, 11) is -0.392. The minimum absolute atomic E-state index is 0.392. The second-order valence-electron chi connectivity index (χ2n) is 2.92. The zero-order chi connectivity index (χ0) is 9.26. The van der Waals surface area contributed by atoms with E-state index in [-0.39, 0.29) is 0 Å². The van der Waals surface area contributed by atoms with Crippen LogP contribution in [0.2, 0.25) is 0 Å². The van der Waals surface area contributed by atoms with Gasteiger partial charge in [-0.05, 0) is 53.5 Å². The standard InChI is InChI=1S/C10H9INP/c1-8-2-4-9(5-3-8)13-7-6-10(11)12-13/h2-7H,1H3. The number of halogens is 1. The average Bonchev–Trinajstić information content (AvgIpc) is 2.53. The van der Waals surface area contributed by atoms with Crippen LogP contribution in [0.5, 0.6) is 0 Å². The Balaban J connectivity index is 2.41. The molecule has 2 rings (SSSR count). The normalized spacial score (nSPS) is 11.7. The van der Waals surface area contributed by atoms with Crippen LogP contribution in [0, 0.1) is 10.6 Å². The van der Waals surface area contributed by atoms with Crippen molar-refractivity contribution in [1.29, 1.82) is 0 Å². The Morgan fingerprint density at radius 1 is 1.15 bits per heavy atom. The lowest BCUT2D eigenvalue weighted by Gasteiger charge is -1.97. The fraction of sp³-hybridized carbons (Fsp3) is 0.100. The van der Waals surface area contributed by atoms with E-state index in [1.165, 1.54) is 10.9 Å². The number of nitrogens with zero attached hydrogens (tertiary/aromatic N) is 1. The summed E-state index contributed by atoms with van der Waals surface area (Å²) >= 11 is 2.26. The van der Waals surface area contributed by atoms with Gasteiger partial charge in [0.1, 0.15) is 3.70 Å². The van der Waals surface area contributed by atoms with Crippen molar-refractivity contribution in [2.45, 2.75) is 6.92 Å². The van der Waals surface area contributed by atoms with Crippen LogP contribution in [0.4, 0.5) is 0 Å². The van der Waals surface area contributed by atoms with Crippen LogP contribution in [-0.4, -0.2) is 4.75 Å². The maximum Gasteiger partial charge on any atom is 0.106 e. The van der Waals surface area contributed by atoms with E-state index in [1.807, 2.05) is 0 Å². The highest BCUT2D eigenvalue weighted by molar-refractivity contribution is 14.1. The summed E-state index contributed by atoms with van der Waals surface area (Å²) in [6, 6.07) is 10.7. The highest BCUT2D eigenvalue weighted by atomic mass is 127. The third-order valence-electron chi connectivity index (χ3n) is 1.86. The zero-order valence-corrected chi connectivity index (χ0v) is 10.3. The molecule has 0 amide bonds. The first-order chi connectivity index (χ1) is 6.25. The first-order valence-corrected chi connectivity index (χ1v) is 6.48. The van der Waals surface area contributed by atoms with Crippen LogP contribution in [0.25, 0.3) is 5.30 Å². The molecule has 2 aromatic rings. The summed E-state index contributed by atoms with van der Waals surface area (Å²) in [6.45, 7) is 2.11. The van der Waals surface area contributed by atoms with Gasteiger partial charge in [-0.1, -0.05) is 17.7 Å². The molecule has 0 fully saturated rings. The van der Waals surface area contributed by atoms with Crippen molar-refractivity contribution < 1.29 is 0 Å². The lowest BCUT2D eigenvalue weighted by Crippen LogP contribution is -1.70. The number of rotatable bonds is 1. The molecule has 0 aliphatic rings. The van der Waals surface area contributed by atoms with E-state index < -0.39 is 7.69 Å². The number of aryl methyl sites for hydroxylation is 1. The second kappa shape index (κ2) is 3.81. The molecule has 1 aromatic carbocycles. The van der Waals surface area contributed by atoms with Crippen molar-refractivity contribution in [2.24, 2.45) is 0 Å². The van der Waals surface area contributed by atoms with Gasteiger partial charge >= 0.3 is 0 Å². The lowest BCUT2D eigenvalue weighted by molar-refractivity contribution is 1.47. The van der Waals surface area contributed by atoms with Crippen molar-refractivity contribution >= 4 is 30.3 Å². The van der Waals surface area contributed by atoms with Crippen molar-refractivity contribution in [2.75, 3.05) is 0 Å². The monoisotopic (exact) mass is 301 g/mol. The van der Waals surface area contributed by atoms with Gasteiger partial charge in [0.2, 0.25) is 0 Å². The smallest absolute Gasteiger partial charge is 0.106 e. The molecule has 0 spiro atoms. The zero-order valence-electron chi connectivity index (χ0n) is 7.24. The Kier molecular flexibility index (Phi) is 2.70. The molecule has 1 nitrogen and oxygen atoms in total. The SMILES string of the molecule is Cc1ccc(-p2ccc(I)n2)cc1. The van der Waals surface area contributed by atoms with E-state index in [0.717, 1.165) is 3.70 Å². The van der Waals surface area contributed by atoms with Crippen LogP contribution in [0.3, 0.4) is 0 Å². The minimum atomic E-state index is -0.392. The van der Waals surface area contributed by atoms with Crippen LogP contribution in [0.15, 0.2) is 36.1 Å². The maximum absolute atomic E-state index is 4.55. The number of benzene rings is 1. The number of hydrogen-bond acceptors (Lipinski definition) is 1. The van der Waals surface area contributed by atoms with Gasteiger partial charge in [0.25, 0.3) is 0 Å². The predicted octanol–water partition coefficient (Wildman–Crippen LogP) is 3.97. The van der Waals surface area contributed by atoms with E-state index in [4.69, 9.17) is 0 Å². The molecule has 3 heteroatoms. The summed E-state index contributed by atoms with van der Waals surface area (Å²) < 4.78 is 5.66. The molecule has 0 saturated carbocycles. The predicted molar refractivity (Wildman–Crippen MR) is 65.7 cm³/mol. The van der Waals surface area contributed by atoms with Crippen molar-refractivity contribution in [1.82, 2.24) is 4.75 Å². The van der Waals surface area contributed by atoms with E-state index in [2.05, 4.69) is 70.4 Å². The lowest BCUT2D eigenvalue weighted by atomic mass is 10.2. The molecule has 0 radical (unpaired) electrons. The molecule has 0 saturated heterocycles. The van der Waals surface area contributed by atoms with Crippen molar-refractivity contribution in [3.05, 3.63) is 45.4 Å². The summed E-state index contributed by atoms with van der Waals surface area (Å²) in [4.78, 5) is 0. The molecule has 0 aliphatic carbocycles. The van der Waals surface area contributed by atoms with Crippen LogP contribution >= 0.6 is 30.3 Å². The van der Waals surface area contributed by atoms with Gasteiger partial charge in [-0.15, -0.1) is 0 Å². The second-order valence-corrected chi connectivity index (χ2v) is 5.73. The molecule has 1 atom stereocenters. The van der Waals surface area contributed by atoms with Gasteiger partial charge in [0, 0.05) is 13.0 Å². The molecule has 0 aliphatic heterocycles. The first kappa shape index (κ1) is 9.22. The van der Waals surface area contributed by atoms with E-state index in [9.17, 15) is 0 Å². The topological polar surface area (TPSA) is 12.9 Å². The summed E-state index contributed by atoms with van der Waals surface area (Å²) in [6.07, 6.45) is 0. The van der Waals surface area contributed by atoms with Crippen molar-refractivity contribution in [3.63, 3.8) is 0 Å². The Bertz CT molecular complexity index is 405. The van der Waals surface area contributed by atoms with Gasteiger partial charge in [-0.2, -0.15) is 0 Å². The molecule has 1 heterocycles. The highest BCUT2D eigenvalue weighted by Gasteiger charge is 1.99. The highest BCUT2D eigenvalue weighted by Crippen LogP contribution is 2.36. The first-order valence-electron chi connectivity index (χ1n) is 4.04. The van der Waals surface area contributed by atoms with E-state index >= 15 is 0 Å². The van der Waals surface area contributed by atoms with Gasteiger partial charge in [-0.25, -0.2) is 4.75 Å². The molecule has 0 N–H and O–H groups in total. The Hall–Kier alpha value is -0.340. The fourth-order valence-corrected chi connectivity index (χ4v) is 3.67. The maximum atomic E-state index is 4.55. The Labute approximate surface area is 92.5 Å². The molecular weight excluding hydrogens is 292 g/mol. The largest absolute Gasteiger partial charge is 0.227 e. The van der Waals surface area contributed by atoms with E-state index in [1.54, 1.807) is 0 Å². The van der Waals surface area contributed by atoms with Gasteiger partial charge in [-0.3, -0.25) is 0 Å². The van der Waals surface area contributed by atoms with Gasteiger partial charge < -0.3 is 0 Å². The summed E-state index contributed by atoms with van der Waals surface area (Å²) in [5.41, 5.74) is 1.31. The van der Waals surface area contributed by atoms with E-state index in [0.29, 0.717) is 0 Å². The molecular formula is C10H9INP. The van der Waals surface area contributed by atoms with Gasteiger partial charge in [0.05, 0.1) is 0 Å². The Morgan fingerprint density at radius 3 is 2.38 bits per heavy atom. The third-order valence-corrected chi connectivity index (χ3v) is 4.53. The van der Waals surface area contributed by atoms with Crippen LogP contribution in [0.1, 0.15) is 5.56 Å². The molecule has 13 heavy (non-hydrogen) atoms. The average molecular weight is 301 g/mol. The van der Waals surface area contributed by atoms with Crippen LogP contribution in [-0.2, 0) is 0 Å². The number of hydrogen-bond donors (Lipinski definition) is 0. The molecule has 1 aromatic heterocycles. The molecule has 0 bridgehead atoms. The Morgan fingerprint density at radius 2 is 1.85 bits per heavy atom. The fourth-order valence-electron chi connectivity index (χ4n) is 1.14. The minimum Gasteiger partial charge on any atom is -0.227 e. The third kappa shape index (κ3) is 2.12.